The van der Waals surface area contributed by atoms with Gasteiger partial charge >= 0.3 is 0 Å². The molecule has 0 aliphatic carbocycles. The first kappa shape index (κ1) is 13.5. The number of fused-ring (bicyclic) bond motifs is 1. The summed E-state index contributed by atoms with van der Waals surface area (Å²) in [6.45, 7) is 3.60. The molecule has 1 aliphatic heterocycles. The molecule has 2 aromatic carbocycles. The van der Waals surface area contributed by atoms with Crippen LogP contribution in [0.5, 0.6) is 0 Å². The number of imide groups is 1. The van der Waals surface area contributed by atoms with Crippen molar-refractivity contribution in [1.82, 2.24) is 0 Å². The smallest absolute Gasteiger partial charge is 0.266 e. The van der Waals surface area contributed by atoms with Crippen molar-refractivity contribution >= 4 is 17.5 Å². The van der Waals surface area contributed by atoms with Crippen molar-refractivity contribution in [2.45, 2.75) is 20.5 Å². The van der Waals surface area contributed by atoms with Crippen molar-refractivity contribution in [2.75, 3.05) is 4.90 Å². The number of anilines is 1. The molecule has 0 atom stereocenters. The van der Waals surface area contributed by atoms with Crippen LogP contribution in [0.2, 0.25) is 0 Å². The van der Waals surface area contributed by atoms with Gasteiger partial charge in [-0.1, -0.05) is 24.3 Å². The summed E-state index contributed by atoms with van der Waals surface area (Å²) >= 11 is 0. The molecular formula is C17H15NO3. The van der Waals surface area contributed by atoms with E-state index in [1.54, 1.807) is 24.3 Å². The van der Waals surface area contributed by atoms with Crippen molar-refractivity contribution in [3.63, 3.8) is 0 Å². The van der Waals surface area contributed by atoms with E-state index in [1.807, 2.05) is 26.0 Å². The van der Waals surface area contributed by atoms with Gasteiger partial charge in [0.25, 0.3) is 11.8 Å². The number of carbonyl (C=O) groups is 2. The van der Waals surface area contributed by atoms with Gasteiger partial charge in [-0.25, -0.2) is 4.90 Å². The number of aliphatic hydroxyl groups excluding tert-OH is 1. The summed E-state index contributed by atoms with van der Waals surface area (Å²) < 4.78 is 0. The lowest BCUT2D eigenvalue weighted by Gasteiger charge is -2.14. The second kappa shape index (κ2) is 4.82. The fraction of sp³-hybridized carbons (Fsp3) is 0.176. The van der Waals surface area contributed by atoms with Crippen LogP contribution in [-0.2, 0) is 6.61 Å². The Morgan fingerprint density at radius 2 is 1.33 bits per heavy atom. The van der Waals surface area contributed by atoms with Crippen molar-refractivity contribution in [3.05, 3.63) is 64.2 Å². The Bertz CT molecular complexity index is 706. The fourth-order valence-corrected chi connectivity index (χ4v) is 2.66. The number of benzene rings is 2. The summed E-state index contributed by atoms with van der Waals surface area (Å²) in [5, 5.41) is 9.07. The van der Waals surface area contributed by atoms with Gasteiger partial charge in [0, 0.05) is 0 Å². The molecule has 1 N–H and O–H groups in total. The van der Waals surface area contributed by atoms with Gasteiger partial charge in [-0.3, -0.25) is 9.59 Å². The molecule has 2 aromatic rings. The zero-order valence-electron chi connectivity index (χ0n) is 11.9. The highest BCUT2D eigenvalue weighted by molar-refractivity contribution is 6.35. The van der Waals surface area contributed by atoms with Crippen molar-refractivity contribution in [3.8, 4) is 0 Å². The maximum atomic E-state index is 12.6. The standard InChI is InChI=1S/C17H15NO3/c1-10-3-4-11(2)15-14(10)16(20)18(17(15)21)13-7-5-12(9-19)6-8-13/h3-8,19H,9H2,1-2H3. The number of carbonyl (C=O) groups excluding carboxylic acids is 2. The Hall–Kier alpha value is -2.46. The molecule has 0 radical (unpaired) electrons. The number of hydrogen-bond acceptors (Lipinski definition) is 3. The van der Waals surface area contributed by atoms with Crippen molar-refractivity contribution in [1.29, 1.82) is 0 Å². The first-order valence-electron chi connectivity index (χ1n) is 6.73. The highest BCUT2D eigenvalue weighted by Crippen LogP contribution is 2.32. The monoisotopic (exact) mass is 281 g/mol. The minimum absolute atomic E-state index is 0.0688. The molecule has 0 spiro atoms. The molecule has 0 bridgehead atoms. The van der Waals surface area contributed by atoms with E-state index < -0.39 is 0 Å². The second-order valence-electron chi connectivity index (χ2n) is 5.22. The van der Waals surface area contributed by atoms with Gasteiger partial charge < -0.3 is 5.11 Å². The molecular weight excluding hydrogens is 266 g/mol. The van der Waals surface area contributed by atoms with Crippen LogP contribution in [0.3, 0.4) is 0 Å². The lowest BCUT2D eigenvalue weighted by atomic mass is 9.99. The lowest BCUT2D eigenvalue weighted by Crippen LogP contribution is -2.29. The third-order valence-corrected chi connectivity index (χ3v) is 3.83. The average Bonchev–Trinajstić information content (AvgIpc) is 2.76. The molecule has 0 saturated heterocycles. The minimum atomic E-state index is -0.284. The molecule has 1 heterocycles. The SMILES string of the molecule is Cc1ccc(C)c2c1C(=O)N(c1ccc(CO)cc1)C2=O. The van der Waals surface area contributed by atoms with Gasteiger partial charge in [-0.15, -0.1) is 0 Å². The van der Waals surface area contributed by atoms with Gasteiger partial charge in [0.15, 0.2) is 0 Å². The summed E-state index contributed by atoms with van der Waals surface area (Å²) in [6, 6.07) is 10.5. The van der Waals surface area contributed by atoms with E-state index in [0.717, 1.165) is 16.7 Å². The van der Waals surface area contributed by atoms with Crippen molar-refractivity contribution in [2.24, 2.45) is 0 Å². The Morgan fingerprint density at radius 1 is 0.857 bits per heavy atom. The molecule has 1 aliphatic rings. The van der Waals surface area contributed by atoms with Crippen LogP contribution in [0.1, 0.15) is 37.4 Å². The van der Waals surface area contributed by atoms with Gasteiger partial charge in [-0.2, -0.15) is 0 Å². The molecule has 106 valence electrons. The van der Waals surface area contributed by atoms with E-state index >= 15 is 0 Å². The van der Waals surface area contributed by atoms with Crippen LogP contribution < -0.4 is 4.90 Å². The normalized spacial score (nSPS) is 13.8. The Balaban J connectivity index is 2.11. The number of aliphatic hydroxyl groups is 1. The first-order chi connectivity index (χ1) is 10.0. The molecule has 2 amide bonds. The van der Waals surface area contributed by atoms with E-state index in [1.165, 1.54) is 4.90 Å². The molecule has 3 rings (SSSR count). The summed E-state index contributed by atoms with van der Waals surface area (Å²) in [7, 11) is 0. The molecule has 0 unspecified atom stereocenters. The van der Waals surface area contributed by atoms with E-state index in [0.29, 0.717) is 16.8 Å². The predicted octanol–water partition coefficient (Wildman–Crippen LogP) is 2.60. The zero-order valence-corrected chi connectivity index (χ0v) is 11.9. The van der Waals surface area contributed by atoms with E-state index in [-0.39, 0.29) is 18.4 Å². The van der Waals surface area contributed by atoms with E-state index in [4.69, 9.17) is 5.11 Å². The summed E-state index contributed by atoms with van der Waals surface area (Å²) in [5.74, 6) is -0.569. The van der Waals surface area contributed by atoms with Crippen LogP contribution in [-0.4, -0.2) is 16.9 Å². The average molecular weight is 281 g/mol. The molecule has 0 saturated carbocycles. The third-order valence-electron chi connectivity index (χ3n) is 3.83. The Labute approximate surface area is 122 Å². The quantitative estimate of drug-likeness (QED) is 0.861. The van der Waals surface area contributed by atoms with Crippen LogP contribution in [0.4, 0.5) is 5.69 Å². The van der Waals surface area contributed by atoms with Crippen molar-refractivity contribution < 1.29 is 14.7 Å². The molecule has 4 nitrogen and oxygen atoms in total. The van der Waals surface area contributed by atoms with Gasteiger partial charge in [0.2, 0.25) is 0 Å². The fourth-order valence-electron chi connectivity index (χ4n) is 2.66. The number of nitrogens with zero attached hydrogens (tertiary/aromatic N) is 1. The van der Waals surface area contributed by atoms with E-state index in [9.17, 15) is 9.59 Å². The Morgan fingerprint density at radius 3 is 1.76 bits per heavy atom. The highest BCUT2D eigenvalue weighted by Gasteiger charge is 2.38. The minimum Gasteiger partial charge on any atom is -0.392 e. The van der Waals surface area contributed by atoms with Gasteiger partial charge in [0.1, 0.15) is 0 Å². The summed E-state index contributed by atoms with van der Waals surface area (Å²) in [6.07, 6.45) is 0. The number of hydrogen-bond donors (Lipinski definition) is 1. The second-order valence-corrected chi connectivity index (χ2v) is 5.22. The van der Waals surface area contributed by atoms with E-state index in [2.05, 4.69) is 0 Å². The van der Waals surface area contributed by atoms with Crippen LogP contribution in [0.25, 0.3) is 0 Å². The lowest BCUT2D eigenvalue weighted by molar-refractivity contribution is 0.0926. The summed E-state index contributed by atoms with van der Waals surface area (Å²) in [4.78, 5) is 26.4. The summed E-state index contributed by atoms with van der Waals surface area (Å²) in [5.41, 5.74) is 3.87. The highest BCUT2D eigenvalue weighted by atomic mass is 16.3. The maximum Gasteiger partial charge on any atom is 0.266 e. The maximum absolute atomic E-state index is 12.6. The van der Waals surface area contributed by atoms with Gasteiger partial charge in [-0.05, 0) is 42.7 Å². The molecule has 4 heteroatoms. The largest absolute Gasteiger partial charge is 0.392 e. The Kier molecular flexibility index (Phi) is 3.11. The predicted molar refractivity (Wildman–Crippen MR) is 79.4 cm³/mol. The first-order valence-corrected chi connectivity index (χ1v) is 6.73. The topological polar surface area (TPSA) is 57.6 Å². The van der Waals surface area contributed by atoms with Crippen LogP contribution in [0.15, 0.2) is 36.4 Å². The molecule has 0 aromatic heterocycles. The van der Waals surface area contributed by atoms with Crippen LogP contribution >= 0.6 is 0 Å². The number of rotatable bonds is 2. The third kappa shape index (κ3) is 1.96. The zero-order chi connectivity index (χ0) is 15.1. The van der Waals surface area contributed by atoms with Gasteiger partial charge in [0.05, 0.1) is 23.4 Å². The molecule has 21 heavy (non-hydrogen) atoms. The molecule has 0 fully saturated rings. The number of amides is 2. The number of aryl methyl sites for hydroxylation is 2. The van der Waals surface area contributed by atoms with Crippen LogP contribution in [0, 0.1) is 13.8 Å².